The zero-order chi connectivity index (χ0) is 20.2. The van der Waals surface area contributed by atoms with E-state index in [-0.39, 0.29) is 12.5 Å². The van der Waals surface area contributed by atoms with Crippen molar-refractivity contribution < 1.29 is 14.3 Å². The monoisotopic (exact) mass is 405 g/mol. The molecule has 0 unspecified atom stereocenters. The Kier molecular flexibility index (Phi) is 5.39. The maximum atomic E-state index is 12.4. The lowest BCUT2D eigenvalue weighted by molar-refractivity contribution is -0.118. The molecule has 2 aromatic carbocycles. The summed E-state index contributed by atoms with van der Waals surface area (Å²) >= 11 is 1.53. The van der Waals surface area contributed by atoms with Crippen LogP contribution in [-0.2, 0) is 4.79 Å². The van der Waals surface area contributed by atoms with Crippen LogP contribution in [0.5, 0.6) is 11.5 Å². The maximum Gasteiger partial charge on any atom is 0.262 e. The number of amides is 1. The predicted octanol–water partition coefficient (Wildman–Crippen LogP) is 4.69. The highest BCUT2D eigenvalue weighted by Crippen LogP contribution is 2.33. The number of benzene rings is 2. The molecular weight excluding hydrogens is 386 g/mol. The van der Waals surface area contributed by atoms with E-state index in [4.69, 9.17) is 9.47 Å². The summed E-state index contributed by atoms with van der Waals surface area (Å²) in [6, 6.07) is 16.8. The molecule has 0 fully saturated rings. The highest BCUT2D eigenvalue weighted by atomic mass is 32.1. The Hall–Kier alpha value is -3.45. The summed E-state index contributed by atoms with van der Waals surface area (Å²) in [6.07, 6.45) is 1.76. The van der Waals surface area contributed by atoms with Gasteiger partial charge in [-0.25, -0.2) is 9.97 Å². The molecule has 0 spiro atoms. The normalized spacial score (nSPS) is 10.7. The fourth-order valence-corrected chi connectivity index (χ4v) is 3.95. The number of pyridine rings is 1. The van der Waals surface area contributed by atoms with E-state index in [0.29, 0.717) is 11.5 Å². The number of hydrogen-bond donors (Lipinski definition) is 1. The van der Waals surface area contributed by atoms with Gasteiger partial charge in [-0.05, 0) is 42.8 Å². The average molecular weight is 405 g/mol. The third kappa shape index (κ3) is 4.05. The third-order valence-electron chi connectivity index (χ3n) is 4.43. The fraction of sp³-hybridized carbons (Fsp3) is 0.136. The van der Waals surface area contributed by atoms with Gasteiger partial charge in [0.2, 0.25) is 0 Å². The number of anilines is 1. The van der Waals surface area contributed by atoms with E-state index in [0.717, 1.165) is 32.2 Å². The van der Waals surface area contributed by atoms with Gasteiger partial charge < -0.3 is 14.8 Å². The topological polar surface area (TPSA) is 73.3 Å². The van der Waals surface area contributed by atoms with Crippen LogP contribution in [0.15, 0.2) is 60.8 Å². The van der Waals surface area contributed by atoms with E-state index in [2.05, 4.69) is 15.3 Å². The van der Waals surface area contributed by atoms with Crippen molar-refractivity contribution in [2.75, 3.05) is 19.0 Å². The zero-order valence-electron chi connectivity index (χ0n) is 16.0. The molecule has 146 valence electrons. The summed E-state index contributed by atoms with van der Waals surface area (Å²) in [4.78, 5) is 22.3. The number of hydrogen-bond acceptors (Lipinski definition) is 6. The Morgan fingerprint density at radius 1 is 1.07 bits per heavy atom. The number of para-hydroxylation sites is 2. The number of fused-ring (bicyclic) bond motifs is 1. The summed E-state index contributed by atoms with van der Waals surface area (Å²) < 4.78 is 10.8. The van der Waals surface area contributed by atoms with Crippen LogP contribution in [0.25, 0.3) is 20.9 Å². The van der Waals surface area contributed by atoms with Gasteiger partial charge in [-0.1, -0.05) is 35.6 Å². The molecule has 0 saturated carbocycles. The van der Waals surface area contributed by atoms with Crippen LogP contribution in [0, 0.1) is 6.92 Å². The van der Waals surface area contributed by atoms with Crippen molar-refractivity contribution in [1.82, 2.24) is 9.97 Å². The molecule has 0 aliphatic carbocycles. The maximum absolute atomic E-state index is 12.4. The SMILES string of the molecule is COc1ccccc1OCC(=O)Nc1cccc(-c2nc3cccnc3s2)c1C. The molecule has 0 atom stereocenters. The highest BCUT2D eigenvalue weighted by Gasteiger charge is 2.14. The van der Waals surface area contributed by atoms with Gasteiger partial charge in [0, 0.05) is 17.4 Å². The first-order valence-electron chi connectivity index (χ1n) is 9.03. The van der Waals surface area contributed by atoms with E-state index in [1.165, 1.54) is 11.3 Å². The average Bonchev–Trinajstić information content (AvgIpc) is 3.18. The summed E-state index contributed by atoms with van der Waals surface area (Å²) in [5, 5.41) is 3.79. The Labute approximate surface area is 172 Å². The van der Waals surface area contributed by atoms with Gasteiger partial charge in [-0.15, -0.1) is 0 Å². The number of aromatic nitrogens is 2. The molecule has 7 heteroatoms. The molecule has 0 aliphatic rings. The minimum atomic E-state index is -0.248. The number of nitrogens with one attached hydrogen (secondary N) is 1. The largest absolute Gasteiger partial charge is 0.493 e. The number of carbonyl (C=O) groups is 1. The van der Waals surface area contributed by atoms with Crippen LogP contribution in [0.2, 0.25) is 0 Å². The molecule has 6 nitrogen and oxygen atoms in total. The summed E-state index contributed by atoms with van der Waals surface area (Å²) in [5.74, 6) is 0.864. The lowest BCUT2D eigenvalue weighted by atomic mass is 10.1. The fourth-order valence-electron chi connectivity index (χ4n) is 2.96. The number of carbonyl (C=O) groups excluding carboxylic acids is 1. The van der Waals surface area contributed by atoms with Gasteiger partial charge in [0.05, 0.1) is 7.11 Å². The van der Waals surface area contributed by atoms with E-state index in [1.54, 1.807) is 25.4 Å². The second-order valence-electron chi connectivity index (χ2n) is 6.31. The Morgan fingerprint density at radius 3 is 2.69 bits per heavy atom. The lowest BCUT2D eigenvalue weighted by Crippen LogP contribution is -2.20. The van der Waals surface area contributed by atoms with E-state index < -0.39 is 0 Å². The van der Waals surface area contributed by atoms with Crippen molar-refractivity contribution in [3.05, 3.63) is 66.4 Å². The van der Waals surface area contributed by atoms with E-state index in [9.17, 15) is 4.79 Å². The molecule has 4 aromatic rings. The molecule has 0 bridgehead atoms. The molecule has 2 aromatic heterocycles. The summed E-state index contributed by atoms with van der Waals surface area (Å²) in [6.45, 7) is 1.85. The number of rotatable bonds is 6. The quantitative estimate of drug-likeness (QED) is 0.504. The van der Waals surface area contributed by atoms with Gasteiger partial charge in [-0.3, -0.25) is 4.79 Å². The molecule has 0 saturated heterocycles. The minimum absolute atomic E-state index is 0.116. The smallest absolute Gasteiger partial charge is 0.262 e. The number of nitrogens with zero attached hydrogens (tertiary/aromatic N) is 2. The number of thiazole rings is 1. The number of methoxy groups -OCH3 is 1. The minimum Gasteiger partial charge on any atom is -0.493 e. The standard InChI is InChI=1S/C22H19N3O3S/c1-14-15(21-25-17-9-6-12-23-22(17)29-21)7-5-8-16(14)24-20(26)13-28-19-11-4-3-10-18(19)27-2/h3-12H,13H2,1-2H3,(H,24,26). The Bertz CT molecular complexity index is 1140. The molecule has 2 heterocycles. The second-order valence-corrected chi connectivity index (χ2v) is 7.29. The van der Waals surface area contributed by atoms with Crippen molar-refractivity contribution in [2.45, 2.75) is 6.92 Å². The molecular formula is C22H19N3O3S. The molecule has 1 amide bonds. The lowest BCUT2D eigenvalue weighted by Gasteiger charge is -2.13. The van der Waals surface area contributed by atoms with Crippen molar-refractivity contribution in [2.24, 2.45) is 0 Å². The van der Waals surface area contributed by atoms with Crippen molar-refractivity contribution in [3.8, 4) is 22.1 Å². The van der Waals surface area contributed by atoms with Crippen LogP contribution in [0.1, 0.15) is 5.56 Å². The van der Waals surface area contributed by atoms with Crippen LogP contribution in [-0.4, -0.2) is 29.6 Å². The van der Waals surface area contributed by atoms with Gasteiger partial charge >= 0.3 is 0 Å². The Balaban J connectivity index is 1.50. The first kappa shape index (κ1) is 18.9. The predicted molar refractivity (Wildman–Crippen MR) is 115 cm³/mol. The van der Waals surface area contributed by atoms with Gasteiger partial charge in [0.15, 0.2) is 18.1 Å². The summed E-state index contributed by atoms with van der Waals surface area (Å²) in [7, 11) is 1.56. The second kappa shape index (κ2) is 8.28. The van der Waals surface area contributed by atoms with Crippen LogP contribution in [0.4, 0.5) is 5.69 Å². The molecule has 0 radical (unpaired) electrons. The molecule has 4 rings (SSSR count). The first-order valence-corrected chi connectivity index (χ1v) is 9.84. The number of ether oxygens (including phenoxy) is 2. The van der Waals surface area contributed by atoms with Crippen LogP contribution < -0.4 is 14.8 Å². The Morgan fingerprint density at radius 2 is 1.90 bits per heavy atom. The third-order valence-corrected chi connectivity index (χ3v) is 5.44. The van der Waals surface area contributed by atoms with Crippen molar-refractivity contribution in [1.29, 1.82) is 0 Å². The molecule has 29 heavy (non-hydrogen) atoms. The van der Waals surface area contributed by atoms with Gasteiger partial charge in [0.1, 0.15) is 15.4 Å². The van der Waals surface area contributed by atoms with Gasteiger partial charge in [0.25, 0.3) is 5.91 Å². The zero-order valence-corrected chi connectivity index (χ0v) is 16.8. The highest BCUT2D eigenvalue weighted by molar-refractivity contribution is 7.21. The summed E-state index contributed by atoms with van der Waals surface area (Å²) in [5.41, 5.74) is 3.50. The van der Waals surface area contributed by atoms with Crippen LogP contribution >= 0.6 is 11.3 Å². The molecule has 1 N–H and O–H groups in total. The van der Waals surface area contributed by atoms with Crippen molar-refractivity contribution >= 4 is 33.3 Å². The first-order chi connectivity index (χ1) is 14.2. The van der Waals surface area contributed by atoms with Gasteiger partial charge in [-0.2, -0.15) is 0 Å². The van der Waals surface area contributed by atoms with Crippen LogP contribution in [0.3, 0.4) is 0 Å². The van der Waals surface area contributed by atoms with E-state index in [1.807, 2.05) is 49.4 Å². The van der Waals surface area contributed by atoms with Crippen molar-refractivity contribution in [3.63, 3.8) is 0 Å². The van der Waals surface area contributed by atoms with E-state index >= 15 is 0 Å². The molecule has 0 aliphatic heterocycles.